The molecular weight excluding hydrogens is 641 g/mol. The average Bonchev–Trinajstić information content (AvgIpc) is 3.04. The number of phenolic OH excluding ortho intramolecular Hbond substituents is 1. The molecule has 0 saturated heterocycles. The van der Waals surface area contributed by atoms with Gasteiger partial charge in [-0.05, 0) is 52.5 Å². The van der Waals surface area contributed by atoms with Gasteiger partial charge in [-0.25, -0.2) is 0 Å². The zero-order valence-corrected chi connectivity index (χ0v) is 35.5. The van der Waals surface area contributed by atoms with E-state index in [1.54, 1.807) is 0 Å². The smallest absolute Gasteiger partial charge is 0.322 e. The molecule has 0 aliphatic heterocycles. The van der Waals surface area contributed by atoms with Crippen molar-refractivity contribution < 1.29 is 14.1 Å². The molecule has 1 aromatic rings. The molecule has 0 amide bonds. The molecule has 0 aliphatic carbocycles. The molecule has 2 atom stereocenters. The highest BCUT2D eigenvalue weighted by molar-refractivity contribution is 7.99. The van der Waals surface area contributed by atoms with Crippen LogP contribution in [0.15, 0.2) is 12.1 Å². The van der Waals surface area contributed by atoms with E-state index in [-0.39, 0.29) is 28.0 Å². The summed E-state index contributed by atoms with van der Waals surface area (Å²) in [5.41, 5.74) is 2.69. The third-order valence-electron chi connectivity index (χ3n) is 9.86. The Balaban J connectivity index is 2.94. The largest absolute Gasteiger partial charge is 0.507 e. The minimum Gasteiger partial charge on any atom is -0.507 e. The Bertz CT molecular complexity index is 942. The zero-order valence-electron chi connectivity index (χ0n) is 33.9. The lowest BCUT2D eigenvalue weighted by atomic mass is 9.77. The molecule has 0 spiro atoms. The van der Waals surface area contributed by atoms with Gasteiger partial charge in [0.25, 0.3) is 0 Å². The first kappa shape index (κ1) is 46.2. The molecular formula is C44H80O3S2. The molecule has 1 aromatic carbocycles. The molecule has 5 heteroatoms. The third kappa shape index (κ3) is 20.1. The van der Waals surface area contributed by atoms with Crippen molar-refractivity contribution in [1.82, 2.24) is 0 Å². The Hall–Kier alpha value is -0.810. The Morgan fingerprint density at radius 3 is 1.39 bits per heavy atom. The summed E-state index contributed by atoms with van der Waals surface area (Å²) in [5, 5.41) is 11.5. The van der Waals surface area contributed by atoms with Gasteiger partial charge in [-0.2, -0.15) is 11.8 Å². The standard InChI is InChI=1S/C44H80O3S2/c1-10-13-15-17-19-21-23-25-27-29-32-48-41(36-34-38(43(4,5)6)40(45)39(35-36)44(7,8)9)37(31-12-3)42(46)47-49-33-30-28-26-24-22-20-18-16-14-11-2/h34-35,37,41,45H,10-33H2,1-9H3. The van der Waals surface area contributed by atoms with E-state index in [9.17, 15) is 9.90 Å². The second kappa shape index (κ2) is 26.9. The normalized spacial score (nSPS) is 13.5. The first-order chi connectivity index (χ1) is 23.4. The molecule has 1 N–H and O–H groups in total. The number of carbonyl (C=O) groups excluding carboxylic acids is 1. The second-order valence-corrected chi connectivity index (χ2v) is 18.8. The first-order valence-electron chi connectivity index (χ1n) is 20.7. The molecule has 2 unspecified atom stereocenters. The van der Waals surface area contributed by atoms with Crippen molar-refractivity contribution in [2.45, 2.75) is 220 Å². The van der Waals surface area contributed by atoms with Gasteiger partial charge < -0.3 is 9.29 Å². The quantitative estimate of drug-likeness (QED) is 0.0659. The minimum absolute atomic E-state index is 0.00624. The van der Waals surface area contributed by atoms with E-state index in [0.29, 0.717) is 5.75 Å². The van der Waals surface area contributed by atoms with Crippen LogP contribution >= 0.6 is 23.8 Å². The predicted molar refractivity (Wildman–Crippen MR) is 221 cm³/mol. The molecule has 49 heavy (non-hydrogen) atoms. The van der Waals surface area contributed by atoms with Gasteiger partial charge in [0.15, 0.2) is 0 Å². The predicted octanol–water partition coefficient (Wildman–Crippen LogP) is 15.2. The number of unbranched alkanes of at least 4 members (excludes halogenated alkanes) is 18. The van der Waals surface area contributed by atoms with Crippen LogP contribution in [0.4, 0.5) is 0 Å². The summed E-state index contributed by atoms with van der Waals surface area (Å²) in [6, 6.07) is 4.40. The lowest BCUT2D eigenvalue weighted by Crippen LogP contribution is -2.24. The molecule has 0 aromatic heterocycles. The van der Waals surface area contributed by atoms with Crippen molar-refractivity contribution >= 4 is 29.8 Å². The number of phenols is 1. The van der Waals surface area contributed by atoms with Gasteiger partial charge in [-0.3, -0.25) is 4.79 Å². The highest BCUT2D eigenvalue weighted by Gasteiger charge is 2.34. The van der Waals surface area contributed by atoms with Crippen LogP contribution in [-0.2, 0) is 19.8 Å². The summed E-state index contributed by atoms with van der Waals surface area (Å²) >= 11 is 3.31. The van der Waals surface area contributed by atoms with Crippen molar-refractivity contribution in [3.8, 4) is 5.75 Å². The molecule has 0 fully saturated rings. The maximum atomic E-state index is 13.9. The molecule has 0 heterocycles. The monoisotopic (exact) mass is 721 g/mol. The van der Waals surface area contributed by atoms with E-state index in [1.165, 1.54) is 140 Å². The van der Waals surface area contributed by atoms with Crippen molar-refractivity contribution in [3.63, 3.8) is 0 Å². The summed E-state index contributed by atoms with van der Waals surface area (Å²) in [7, 11) is 0. The topological polar surface area (TPSA) is 46.5 Å². The Morgan fingerprint density at radius 2 is 1.00 bits per heavy atom. The van der Waals surface area contributed by atoms with Crippen molar-refractivity contribution in [2.75, 3.05) is 11.5 Å². The third-order valence-corrected chi connectivity index (χ3v) is 12.1. The van der Waals surface area contributed by atoms with E-state index in [4.69, 9.17) is 4.18 Å². The number of rotatable bonds is 29. The van der Waals surface area contributed by atoms with Gasteiger partial charge >= 0.3 is 5.97 Å². The van der Waals surface area contributed by atoms with Gasteiger partial charge in [0.2, 0.25) is 0 Å². The average molecular weight is 721 g/mol. The van der Waals surface area contributed by atoms with Gasteiger partial charge in [-0.1, -0.05) is 196 Å². The summed E-state index contributed by atoms with van der Waals surface area (Å²) < 4.78 is 5.98. The fraction of sp³-hybridized carbons (Fsp3) is 0.841. The fourth-order valence-electron chi connectivity index (χ4n) is 6.72. The second-order valence-electron chi connectivity index (χ2n) is 16.7. The Kier molecular flexibility index (Phi) is 25.4. The Labute approximate surface area is 314 Å². The molecule has 1 rings (SSSR count). The molecule has 0 aliphatic rings. The summed E-state index contributed by atoms with van der Waals surface area (Å²) in [6.07, 6.45) is 28.1. The highest BCUT2D eigenvalue weighted by Crippen LogP contribution is 2.46. The fourth-order valence-corrected chi connectivity index (χ4v) is 8.80. The number of carbonyl (C=O) groups is 1. The lowest BCUT2D eigenvalue weighted by molar-refractivity contribution is -0.137. The maximum Gasteiger partial charge on any atom is 0.322 e. The SMILES string of the molecule is CCCCCCCCCCCCSOC(=O)C(CCC)C(SCCCCCCCCCCCC)c1cc(C(C)(C)C)c(O)c(C(C)(C)C)c1. The molecule has 3 nitrogen and oxygen atoms in total. The van der Waals surface area contributed by atoms with Gasteiger partial charge in [0.1, 0.15) is 5.75 Å². The van der Waals surface area contributed by atoms with E-state index < -0.39 is 0 Å². The lowest BCUT2D eigenvalue weighted by Gasteiger charge is -2.32. The van der Waals surface area contributed by atoms with E-state index in [0.717, 1.165) is 41.9 Å². The molecule has 0 saturated carbocycles. The number of hydrogen-bond donors (Lipinski definition) is 1. The van der Waals surface area contributed by atoms with Crippen LogP contribution in [0, 0.1) is 5.92 Å². The maximum absolute atomic E-state index is 13.9. The summed E-state index contributed by atoms with van der Waals surface area (Å²) in [4.78, 5) is 13.9. The Morgan fingerprint density at radius 1 is 0.612 bits per heavy atom. The van der Waals surface area contributed by atoms with Crippen LogP contribution in [-0.4, -0.2) is 22.6 Å². The van der Waals surface area contributed by atoms with E-state index in [1.807, 2.05) is 11.8 Å². The first-order valence-corrected chi connectivity index (χ1v) is 22.7. The van der Waals surface area contributed by atoms with Gasteiger partial charge in [0, 0.05) is 11.0 Å². The minimum atomic E-state index is -0.211. The zero-order chi connectivity index (χ0) is 36.5. The van der Waals surface area contributed by atoms with Gasteiger partial charge in [-0.15, -0.1) is 0 Å². The van der Waals surface area contributed by atoms with Crippen LogP contribution in [0.3, 0.4) is 0 Å². The van der Waals surface area contributed by atoms with Crippen molar-refractivity contribution in [3.05, 3.63) is 28.8 Å². The summed E-state index contributed by atoms with van der Waals surface area (Å²) in [6.45, 7) is 19.8. The number of thioether (sulfide) groups is 1. The van der Waals surface area contributed by atoms with Crippen LogP contribution in [0.25, 0.3) is 0 Å². The molecule has 0 radical (unpaired) electrons. The van der Waals surface area contributed by atoms with E-state index in [2.05, 4.69) is 74.4 Å². The number of hydrogen-bond acceptors (Lipinski definition) is 5. The van der Waals surface area contributed by atoms with Crippen LogP contribution < -0.4 is 0 Å². The molecule has 0 bridgehead atoms. The molecule has 286 valence electrons. The van der Waals surface area contributed by atoms with Crippen LogP contribution in [0.5, 0.6) is 5.75 Å². The van der Waals surface area contributed by atoms with Gasteiger partial charge in [0.05, 0.1) is 18.0 Å². The number of aromatic hydroxyl groups is 1. The van der Waals surface area contributed by atoms with E-state index >= 15 is 0 Å². The van der Waals surface area contributed by atoms with Crippen LogP contribution in [0.1, 0.15) is 226 Å². The number of benzene rings is 1. The van der Waals surface area contributed by atoms with Crippen molar-refractivity contribution in [2.24, 2.45) is 5.92 Å². The highest BCUT2D eigenvalue weighted by atomic mass is 32.2. The summed E-state index contributed by atoms with van der Waals surface area (Å²) in [5.74, 6) is 2.05. The van der Waals surface area contributed by atoms with Crippen LogP contribution in [0.2, 0.25) is 0 Å². The van der Waals surface area contributed by atoms with Crippen molar-refractivity contribution in [1.29, 1.82) is 0 Å².